The molecule has 11 heteroatoms. The predicted molar refractivity (Wildman–Crippen MR) is 121 cm³/mol. The summed E-state index contributed by atoms with van der Waals surface area (Å²) in [5.74, 6) is 0. The molecule has 1 fully saturated rings. The number of sulfonamides is 1. The zero-order chi connectivity index (χ0) is 23.1. The number of nitrogens with zero attached hydrogens (tertiary/aromatic N) is 2. The third kappa shape index (κ3) is 4.19. The lowest BCUT2D eigenvalue weighted by Gasteiger charge is -2.36. The van der Waals surface area contributed by atoms with E-state index in [9.17, 15) is 26.7 Å². The molecular formula is C21H21F3N2O3S3. The van der Waals surface area contributed by atoms with Gasteiger partial charge in [0.1, 0.15) is 4.21 Å². The van der Waals surface area contributed by atoms with Crippen molar-refractivity contribution in [2.24, 2.45) is 0 Å². The van der Waals surface area contributed by atoms with Gasteiger partial charge in [-0.2, -0.15) is 28.8 Å². The van der Waals surface area contributed by atoms with Crippen LogP contribution in [0.4, 0.5) is 18.9 Å². The zero-order valence-electron chi connectivity index (χ0n) is 17.0. The van der Waals surface area contributed by atoms with Crippen LogP contribution in [0.1, 0.15) is 12.5 Å². The number of hydrogen-bond donors (Lipinski definition) is 1. The molecule has 32 heavy (non-hydrogen) atoms. The fraction of sp³-hybridized carbons (Fsp3) is 0.333. The van der Waals surface area contributed by atoms with E-state index < -0.39 is 21.8 Å². The van der Waals surface area contributed by atoms with Crippen LogP contribution in [-0.4, -0.2) is 50.2 Å². The third-order valence-electron chi connectivity index (χ3n) is 5.61. The quantitative estimate of drug-likeness (QED) is 0.547. The molecule has 1 aliphatic rings. The molecule has 1 saturated heterocycles. The van der Waals surface area contributed by atoms with E-state index in [4.69, 9.17) is 0 Å². The first kappa shape index (κ1) is 23.2. The minimum atomic E-state index is -4.82. The second-order valence-electron chi connectivity index (χ2n) is 7.64. The molecule has 0 amide bonds. The second kappa shape index (κ2) is 8.45. The number of thiophene rings is 2. The number of piperazine rings is 1. The van der Waals surface area contributed by atoms with Gasteiger partial charge in [-0.1, -0.05) is 12.1 Å². The Labute approximate surface area is 192 Å². The van der Waals surface area contributed by atoms with E-state index in [0.717, 1.165) is 12.5 Å². The summed E-state index contributed by atoms with van der Waals surface area (Å²) in [5, 5.41) is 15.5. The van der Waals surface area contributed by atoms with Gasteiger partial charge in [-0.3, -0.25) is 0 Å². The summed E-state index contributed by atoms with van der Waals surface area (Å²) in [5.41, 5.74) is -1.20. The smallest absolute Gasteiger partial charge is 0.376 e. The van der Waals surface area contributed by atoms with E-state index in [2.05, 4.69) is 0 Å². The van der Waals surface area contributed by atoms with Crippen LogP contribution in [0.2, 0.25) is 0 Å². The number of aliphatic hydroxyl groups is 1. The lowest BCUT2D eigenvalue weighted by atomic mass is 9.91. The third-order valence-corrected chi connectivity index (χ3v) is 9.57. The van der Waals surface area contributed by atoms with Crippen molar-refractivity contribution >= 4 is 38.4 Å². The highest BCUT2D eigenvalue weighted by molar-refractivity contribution is 7.91. The average molecular weight is 503 g/mol. The van der Waals surface area contributed by atoms with Gasteiger partial charge in [0.2, 0.25) is 0 Å². The molecule has 172 valence electrons. The van der Waals surface area contributed by atoms with Gasteiger partial charge in [-0.05, 0) is 58.5 Å². The average Bonchev–Trinajstić information content (AvgIpc) is 3.47. The Morgan fingerprint density at radius 3 is 2.31 bits per heavy atom. The van der Waals surface area contributed by atoms with Gasteiger partial charge in [-0.15, -0.1) is 11.3 Å². The number of benzene rings is 1. The van der Waals surface area contributed by atoms with E-state index in [-0.39, 0.29) is 18.7 Å². The minimum Gasteiger partial charge on any atom is -0.376 e. The van der Waals surface area contributed by atoms with Crippen LogP contribution < -0.4 is 4.90 Å². The molecule has 2 aromatic heterocycles. The van der Waals surface area contributed by atoms with Gasteiger partial charge in [0.25, 0.3) is 10.0 Å². The molecule has 1 aromatic carbocycles. The van der Waals surface area contributed by atoms with Crippen molar-refractivity contribution in [1.82, 2.24) is 4.31 Å². The Balaban J connectivity index is 1.63. The summed E-state index contributed by atoms with van der Waals surface area (Å²) in [6.45, 7) is 2.08. The van der Waals surface area contributed by atoms with Gasteiger partial charge >= 0.3 is 6.18 Å². The summed E-state index contributed by atoms with van der Waals surface area (Å²) in [6.07, 6.45) is -4.82. The summed E-state index contributed by atoms with van der Waals surface area (Å²) < 4.78 is 67.5. The second-order valence-corrected chi connectivity index (χ2v) is 11.5. The van der Waals surface area contributed by atoms with Crippen LogP contribution in [0.3, 0.4) is 0 Å². The summed E-state index contributed by atoms with van der Waals surface area (Å²) in [7, 11) is -3.55. The Morgan fingerprint density at radius 1 is 1.03 bits per heavy atom. The molecule has 0 aliphatic carbocycles. The van der Waals surface area contributed by atoms with E-state index in [1.807, 2.05) is 21.7 Å². The Morgan fingerprint density at radius 2 is 1.75 bits per heavy atom. The van der Waals surface area contributed by atoms with Crippen LogP contribution in [0.5, 0.6) is 0 Å². The summed E-state index contributed by atoms with van der Waals surface area (Å²) in [6, 6.07) is 9.32. The Kier molecular flexibility index (Phi) is 6.14. The van der Waals surface area contributed by atoms with E-state index in [1.165, 1.54) is 39.1 Å². The molecule has 1 aliphatic heterocycles. The maximum Gasteiger partial charge on any atom is 0.421 e. The molecular weight excluding hydrogens is 481 g/mol. The molecule has 5 nitrogen and oxygen atoms in total. The SMILES string of the molecule is CC(O)(c1ccc(N2CCN(S(=O)(=O)c3cccs3)CC2)c(-c2ccsc2)c1)C(F)(F)F. The van der Waals surface area contributed by atoms with Crippen molar-refractivity contribution < 1.29 is 26.7 Å². The maximum absolute atomic E-state index is 13.4. The van der Waals surface area contributed by atoms with Crippen LogP contribution in [0.15, 0.2) is 56.7 Å². The Bertz CT molecular complexity index is 1170. The number of hydrogen-bond acceptors (Lipinski definition) is 6. The summed E-state index contributed by atoms with van der Waals surface area (Å²) >= 11 is 2.59. The van der Waals surface area contributed by atoms with Crippen molar-refractivity contribution in [2.45, 2.75) is 22.9 Å². The topological polar surface area (TPSA) is 60.9 Å². The number of alkyl halides is 3. The lowest BCUT2D eigenvalue weighted by Crippen LogP contribution is -2.48. The van der Waals surface area contributed by atoms with Gasteiger partial charge in [0, 0.05) is 37.4 Å². The molecule has 1 unspecified atom stereocenters. The molecule has 0 spiro atoms. The first-order valence-corrected chi connectivity index (χ1v) is 13.0. The van der Waals surface area contributed by atoms with Gasteiger partial charge in [-0.25, -0.2) is 8.42 Å². The van der Waals surface area contributed by atoms with E-state index in [1.54, 1.807) is 23.6 Å². The molecule has 0 saturated carbocycles. The predicted octanol–water partition coefficient (Wildman–Crippen LogP) is 4.76. The van der Waals surface area contributed by atoms with Crippen molar-refractivity contribution in [2.75, 3.05) is 31.1 Å². The highest BCUT2D eigenvalue weighted by atomic mass is 32.2. The van der Waals surface area contributed by atoms with Crippen LogP contribution in [-0.2, 0) is 15.6 Å². The monoisotopic (exact) mass is 502 g/mol. The van der Waals surface area contributed by atoms with Crippen LogP contribution in [0, 0.1) is 0 Å². The highest BCUT2D eigenvalue weighted by Gasteiger charge is 2.51. The molecule has 1 N–H and O–H groups in total. The van der Waals surface area contributed by atoms with Gasteiger partial charge in [0.05, 0.1) is 0 Å². The molecule has 1 atom stereocenters. The van der Waals surface area contributed by atoms with E-state index >= 15 is 0 Å². The minimum absolute atomic E-state index is 0.242. The number of anilines is 1. The van der Waals surface area contributed by atoms with Gasteiger partial charge < -0.3 is 10.0 Å². The first-order chi connectivity index (χ1) is 15.0. The van der Waals surface area contributed by atoms with Crippen molar-refractivity contribution in [3.8, 4) is 11.1 Å². The molecule has 3 aromatic rings. The maximum atomic E-state index is 13.4. The lowest BCUT2D eigenvalue weighted by molar-refractivity contribution is -0.258. The standard InChI is InChI=1S/C21H21F3N2O3S3/c1-20(27,21(22,23)24)16-4-5-18(17(13-16)15-6-12-30-14-15)25-7-9-26(10-8-25)32(28,29)19-3-2-11-31-19/h2-6,11-14,27H,7-10H2,1H3. The van der Waals surface area contributed by atoms with Crippen LogP contribution >= 0.6 is 22.7 Å². The first-order valence-electron chi connectivity index (χ1n) is 9.76. The molecule has 0 bridgehead atoms. The largest absolute Gasteiger partial charge is 0.421 e. The van der Waals surface area contributed by atoms with Crippen LogP contribution in [0.25, 0.3) is 11.1 Å². The van der Waals surface area contributed by atoms with Crippen molar-refractivity contribution in [1.29, 1.82) is 0 Å². The molecule has 3 heterocycles. The molecule has 0 radical (unpaired) electrons. The fourth-order valence-electron chi connectivity index (χ4n) is 3.63. The normalized spacial score (nSPS) is 18.0. The Hall–Kier alpha value is -1.92. The van der Waals surface area contributed by atoms with Crippen molar-refractivity contribution in [3.05, 3.63) is 58.1 Å². The van der Waals surface area contributed by atoms with Crippen molar-refractivity contribution in [3.63, 3.8) is 0 Å². The zero-order valence-corrected chi connectivity index (χ0v) is 19.5. The summed E-state index contributed by atoms with van der Waals surface area (Å²) in [4.78, 5) is 1.97. The highest BCUT2D eigenvalue weighted by Crippen LogP contribution is 2.42. The van der Waals surface area contributed by atoms with E-state index in [0.29, 0.717) is 28.5 Å². The fourth-order valence-corrected chi connectivity index (χ4v) is 6.86. The number of halogens is 3. The van der Waals surface area contributed by atoms with Gasteiger partial charge in [0.15, 0.2) is 5.60 Å². The number of rotatable bonds is 5. The molecule has 4 rings (SSSR count).